The predicted molar refractivity (Wildman–Crippen MR) is 79.1 cm³/mol. The van der Waals surface area contributed by atoms with Gasteiger partial charge in [0.15, 0.2) is 11.5 Å². The summed E-state index contributed by atoms with van der Waals surface area (Å²) in [5, 5.41) is 3.65. The molecule has 2 aliphatic rings. The maximum atomic E-state index is 5.87. The minimum Gasteiger partial charge on any atom is -0.486 e. The van der Waals surface area contributed by atoms with Gasteiger partial charge in [0.1, 0.15) is 13.2 Å². The van der Waals surface area contributed by atoms with Crippen LogP contribution in [0.5, 0.6) is 11.5 Å². The van der Waals surface area contributed by atoms with Crippen molar-refractivity contribution in [2.24, 2.45) is 0 Å². The standard InChI is InChI=1S/C15H20BrNO2/c1-3-10-13(15(2)5-4-6-17-15)11(16)9-12-14(10)19-8-7-18-12/h9,17H,3-8H2,1-2H3. The molecular formula is C15H20BrNO2. The molecule has 3 rings (SSSR count). The van der Waals surface area contributed by atoms with E-state index in [0.717, 1.165) is 35.4 Å². The van der Waals surface area contributed by atoms with Crippen molar-refractivity contribution in [1.82, 2.24) is 5.32 Å². The number of benzene rings is 1. The Morgan fingerprint density at radius 2 is 2.16 bits per heavy atom. The molecule has 0 aromatic heterocycles. The van der Waals surface area contributed by atoms with Gasteiger partial charge in [0.05, 0.1) is 0 Å². The van der Waals surface area contributed by atoms with Crippen LogP contribution in [0.2, 0.25) is 0 Å². The minimum absolute atomic E-state index is 0.0417. The van der Waals surface area contributed by atoms with E-state index in [-0.39, 0.29) is 5.54 Å². The Kier molecular flexibility index (Phi) is 3.48. The van der Waals surface area contributed by atoms with E-state index in [1.54, 1.807) is 0 Å². The number of hydrogen-bond acceptors (Lipinski definition) is 3. The average Bonchev–Trinajstić information content (AvgIpc) is 2.84. The Bertz CT molecular complexity index is 495. The highest BCUT2D eigenvalue weighted by Crippen LogP contribution is 2.46. The molecule has 1 unspecified atom stereocenters. The summed E-state index contributed by atoms with van der Waals surface area (Å²) in [5.74, 6) is 1.82. The molecule has 1 fully saturated rings. The summed E-state index contributed by atoms with van der Waals surface area (Å²) in [4.78, 5) is 0. The Labute approximate surface area is 122 Å². The van der Waals surface area contributed by atoms with Crippen molar-refractivity contribution in [3.05, 3.63) is 21.7 Å². The van der Waals surface area contributed by atoms with Gasteiger partial charge < -0.3 is 14.8 Å². The van der Waals surface area contributed by atoms with Crippen LogP contribution in [-0.2, 0) is 12.0 Å². The van der Waals surface area contributed by atoms with Crippen molar-refractivity contribution in [3.63, 3.8) is 0 Å². The van der Waals surface area contributed by atoms with Gasteiger partial charge in [-0.2, -0.15) is 0 Å². The van der Waals surface area contributed by atoms with Gasteiger partial charge in [0.25, 0.3) is 0 Å². The molecule has 0 radical (unpaired) electrons. The molecule has 1 atom stereocenters. The number of rotatable bonds is 2. The lowest BCUT2D eigenvalue weighted by Gasteiger charge is -2.32. The van der Waals surface area contributed by atoms with Crippen LogP contribution in [0.1, 0.15) is 37.8 Å². The summed E-state index contributed by atoms with van der Waals surface area (Å²) >= 11 is 3.74. The Morgan fingerprint density at radius 1 is 1.37 bits per heavy atom. The second-order valence-electron chi connectivity index (χ2n) is 5.45. The first kappa shape index (κ1) is 13.3. The first-order valence-corrected chi connectivity index (χ1v) is 7.81. The van der Waals surface area contributed by atoms with Crippen molar-refractivity contribution >= 4 is 15.9 Å². The van der Waals surface area contributed by atoms with Gasteiger partial charge in [-0.05, 0) is 44.4 Å². The molecule has 0 bridgehead atoms. The molecule has 2 aliphatic heterocycles. The first-order valence-electron chi connectivity index (χ1n) is 7.02. The van der Waals surface area contributed by atoms with E-state index in [4.69, 9.17) is 9.47 Å². The smallest absolute Gasteiger partial charge is 0.164 e. The summed E-state index contributed by atoms with van der Waals surface area (Å²) in [6.45, 7) is 6.83. The summed E-state index contributed by atoms with van der Waals surface area (Å²) in [6.07, 6.45) is 3.34. The lowest BCUT2D eigenvalue weighted by atomic mass is 9.85. The Morgan fingerprint density at radius 3 is 2.84 bits per heavy atom. The van der Waals surface area contributed by atoms with Crippen LogP contribution in [0.4, 0.5) is 0 Å². The van der Waals surface area contributed by atoms with Crippen molar-refractivity contribution in [2.45, 2.75) is 38.6 Å². The number of halogens is 1. The fourth-order valence-corrected chi connectivity index (χ4v) is 4.15. The normalized spacial score (nSPS) is 25.6. The SMILES string of the molecule is CCc1c2c(cc(Br)c1C1(C)CCCN1)OCCO2. The zero-order valence-corrected chi connectivity index (χ0v) is 13.1. The number of fused-ring (bicyclic) bond motifs is 1. The fraction of sp³-hybridized carbons (Fsp3) is 0.600. The van der Waals surface area contributed by atoms with Crippen molar-refractivity contribution in [2.75, 3.05) is 19.8 Å². The maximum Gasteiger partial charge on any atom is 0.164 e. The fourth-order valence-electron chi connectivity index (χ4n) is 3.26. The highest BCUT2D eigenvalue weighted by molar-refractivity contribution is 9.10. The average molecular weight is 326 g/mol. The summed E-state index contributed by atoms with van der Waals surface area (Å²) < 4.78 is 12.7. The minimum atomic E-state index is 0.0417. The third-order valence-electron chi connectivity index (χ3n) is 4.16. The molecule has 1 saturated heterocycles. The summed E-state index contributed by atoms with van der Waals surface area (Å²) in [6, 6.07) is 2.06. The molecule has 0 saturated carbocycles. The van der Waals surface area contributed by atoms with Crippen LogP contribution < -0.4 is 14.8 Å². The first-order chi connectivity index (χ1) is 9.15. The van der Waals surface area contributed by atoms with Gasteiger partial charge in [-0.25, -0.2) is 0 Å². The van der Waals surface area contributed by atoms with Gasteiger partial charge in [0.2, 0.25) is 0 Å². The number of hydrogen-bond donors (Lipinski definition) is 1. The quantitative estimate of drug-likeness (QED) is 0.904. The summed E-state index contributed by atoms with van der Waals surface area (Å²) in [7, 11) is 0. The zero-order chi connectivity index (χ0) is 13.5. The third kappa shape index (κ3) is 2.15. The van der Waals surface area contributed by atoms with E-state index >= 15 is 0 Å². The number of nitrogens with one attached hydrogen (secondary N) is 1. The Balaban J connectivity index is 2.18. The molecule has 0 aliphatic carbocycles. The van der Waals surface area contributed by atoms with E-state index in [2.05, 4.69) is 41.2 Å². The number of ether oxygens (including phenoxy) is 2. The molecule has 0 amide bonds. The second-order valence-corrected chi connectivity index (χ2v) is 6.31. The van der Waals surface area contributed by atoms with Crippen LogP contribution in [0.25, 0.3) is 0 Å². The molecule has 19 heavy (non-hydrogen) atoms. The van der Waals surface area contributed by atoms with E-state index in [1.165, 1.54) is 17.5 Å². The second kappa shape index (κ2) is 4.98. The maximum absolute atomic E-state index is 5.87. The molecule has 1 aromatic rings. The topological polar surface area (TPSA) is 30.5 Å². The van der Waals surface area contributed by atoms with Crippen molar-refractivity contribution in [1.29, 1.82) is 0 Å². The third-order valence-corrected chi connectivity index (χ3v) is 4.78. The summed E-state index contributed by atoms with van der Waals surface area (Å²) in [5.41, 5.74) is 2.66. The molecule has 1 aromatic carbocycles. The van der Waals surface area contributed by atoms with Crippen LogP contribution in [0.3, 0.4) is 0 Å². The predicted octanol–water partition coefficient (Wildman–Crippen LogP) is 3.38. The van der Waals surface area contributed by atoms with Crippen LogP contribution in [-0.4, -0.2) is 19.8 Å². The molecule has 2 heterocycles. The van der Waals surface area contributed by atoms with E-state index in [0.29, 0.717) is 13.2 Å². The van der Waals surface area contributed by atoms with E-state index in [1.807, 2.05) is 0 Å². The molecule has 4 heteroatoms. The van der Waals surface area contributed by atoms with Gasteiger partial charge in [-0.1, -0.05) is 22.9 Å². The van der Waals surface area contributed by atoms with Gasteiger partial charge in [-0.15, -0.1) is 0 Å². The highest BCUT2D eigenvalue weighted by atomic mass is 79.9. The van der Waals surface area contributed by atoms with Crippen molar-refractivity contribution in [3.8, 4) is 11.5 Å². The molecule has 3 nitrogen and oxygen atoms in total. The Hall–Kier alpha value is -0.740. The zero-order valence-electron chi connectivity index (χ0n) is 11.5. The van der Waals surface area contributed by atoms with E-state index < -0.39 is 0 Å². The van der Waals surface area contributed by atoms with E-state index in [9.17, 15) is 0 Å². The van der Waals surface area contributed by atoms with Crippen LogP contribution in [0.15, 0.2) is 10.5 Å². The lowest BCUT2D eigenvalue weighted by Crippen LogP contribution is -2.35. The molecule has 0 spiro atoms. The van der Waals surface area contributed by atoms with Gasteiger partial charge >= 0.3 is 0 Å². The van der Waals surface area contributed by atoms with Crippen LogP contribution in [0, 0.1) is 0 Å². The molecule has 104 valence electrons. The monoisotopic (exact) mass is 325 g/mol. The lowest BCUT2D eigenvalue weighted by molar-refractivity contribution is 0.169. The van der Waals surface area contributed by atoms with Crippen molar-refractivity contribution < 1.29 is 9.47 Å². The largest absolute Gasteiger partial charge is 0.486 e. The van der Waals surface area contributed by atoms with Gasteiger partial charge in [0, 0.05) is 15.6 Å². The van der Waals surface area contributed by atoms with Gasteiger partial charge in [-0.3, -0.25) is 0 Å². The van der Waals surface area contributed by atoms with Crippen LogP contribution >= 0.6 is 15.9 Å². The highest BCUT2D eigenvalue weighted by Gasteiger charge is 2.36. The molecular weight excluding hydrogens is 306 g/mol. The molecule has 1 N–H and O–H groups in total.